The molecule has 3 heterocycles. The summed E-state index contributed by atoms with van der Waals surface area (Å²) in [5, 5.41) is 9.31. The van der Waals surface area contributed by atoms with Crippen molar-refractivity contribution in [3.63, 3.8) is 0 Å². The summed E-state index contributed by atoms with van der Waals surface area (Å²) >= 11 is 6.14. The van der Waals surface area contributed by atoms with E-state index in [0.717, 1.165) is 24.8 Å². The quantitative estimate of drug-likeness (QED) is 0.327. The zero-order chi connectivity index (χ0) is 38.6. The van der Waals surface area contributed by atoms with E-state index in [-0.39, 0.29) is 37.9 Å². The van der Waals surface area contributed by atoms with Crippen LogP contribution >= 0.6 is 11.6 Å². The topological polar surface area (TPSA) is 146 Å². The molecule has 0 radical (unpaired) electrons. The van der Waals surface area contributed by atoms with E-state index in [1.807, 2.05) is 30.4 Å². The first-order valence-corrected chi connectivity index (χ1v) is 19.1. The van der Waals surface area contributed by atoms with E-state index in [2.05, 4.69) is 16.0 Å². The molecule has 5 amide bonds. The van der Waals surface area contributed by atoms with Gasteiger partial charge in [-0.1, -0.05) is 60.9 Å². The van der Waals surface area contributed by atoms with Crippen LogP contribution in [-0.2, 0) is 43.4 Å². The molecule has 0 bridgehead atoms. The van der Waals surface area contributed by atoms with E-state index in [1.54, 1.807) is 39.0 Å². The van der Waals surface area contributed by atoms with Crippen LogP contribution in [0.25, 0.3) is 0 Å². The maximum atomic E-state index is 14.5. The van der Waals surface area contributed by atoms with E-state index in [1.165, 1.54) is 15.9 Å². The van der Waals surface area contributed by atoms with Crippen molar-refractivity contribution in [1.82, 2.24) is 25.8 Å². The van der Waals surface area contributed by atoms with Gasteiger partial charge in [0.2, 0.25) is 17.7 Å². The van der Waals surface area contributed by atoms with E-state index in [0.29, 0.717) is 48.4 Å². The van der Waals surface area contributed by atoms with Gasteiger partial charge in [-0.15, -0.1) is 0 Å². The fraction of sp³-hybridized carbons (Fsp3) is 0.525. The van der Waals surface area contributed by atoms with Gasteiger partial charge in [-0.2, -0.15) is 0 Å². The molecule has 12 nitrogen and oxygen atoms in total. The molecule has 2 aromatic carbocycles. The lowest BCUT2D eigenvalue weighted by Gasteiger charge is -2.30. The standard InChI is InChI=1S/C40H49ClFN5O7/c1-39(2,3)54-37(51)44-32-16-8-6-4-5-7-13-27-21-40(27,36(50)43-18-17-25-11-9-14-28(41)19-25)45-34(48)33-20-29(23-47(33)35(32)49)53-38(52)46-22-26-12-10-15-31(42)30(26)24-46/h7,9-15,19,27,29,32-33H,4-6,8,16-18,20-24H2,1-3H3,(H,43,50)(H,44,51)(H,45,48)/t27?,29?,32?,33-,40?/m0/s1. The van der Waals surface area contributed by atoms with Gasteiger partial charge < -0.3 is 30.3 Å². The SMILES string of the molecule is CC(C)(C)OC(=O)NC1CCCCCC=CC2CC2(C(=O)NCCc2cccc(Cl)c2)NC(=O)[C@@H]2CC(OC(=O)N3Cc4cccc(F)c4C3)CN2C1=O. The number of allylic oxidation sites excluding steroid dienone is 1. The van der Waals surface area contributed by atoms with Gasteiger partial charge in [0.25, 0.3) is 0 Å². The number of hydrogen-bond donors (Lipinski definition) is 3. The molecule has 2 fully saturated rings. The summed E-state index contributed by atoms with van der Waals surface area (Å²) in [6.45, 7) is 5.57. The van der Waals surface area contributed by atoms with Gasteiger partial charge in [-0.05, 0) is 82.2 Å². The molecule has 1 saturated heterocycles. The molecule has 54 heavy (non-hydrogen) atoms. The second kappa shape index (κ2) is 16.4. The molecule has 6 rings (SSSR count). The van der Waals surface area contributed by atoms with Crippen LogP contribution in [0.15, 0.2) is 54.6 Å². The highest BCUT2D eigenvalue weighted by molar-refractivity contribution is 6.30. The number of halogens is 2. The molecule has 290 valence electrons. The molecule has 0 spiro atoms. The fourth-order valence-corrected chi connectivity index (χ4v) is 7.73. The summed E-state index contributed by atoms with van der Waals surface area (Å²) in [6.07, 6.45) is 5.83. The zero-order valence-electron chi connectivity index (χ0n) is 31.0. The first-order valence-electron chi connectivity index (χ1n) is 18.8. The first kappa shape index (κ1) is 39.1. The van der Waals surface area contributed by atoms with Crippen LogP contribution in [0.1, 0.15) is 82.4 Å². The Kier molecular flexibility index (Phi) is 11.8. The predicted octanol–water partition coefficient (Wildman–Crippen LogP) is 5.55. The predicted molar refractivity (Wildman–Crippen MR) is 199 cm³/mol. The molecule has 4 unspecified atom stereocenters. The average molecular weight is 766 g/mol. The van der Waals surface area contributed by atoms with Crippen molar-refractivity contribution in [2.45, 2.75) is 115 Å². The number of rotatable bonds is 6. The monoisotopic (exact) mass is 765 g/mol. The van der Waals surface area contributed by atoms with Crippen molar-refractivity contribution >= 4 is 41.5 Å². The number of benzene rings is 2. The van der Waals surface area contributed by atoms with Crippen molar-refractivity contribution in [3.05, 3.63) is 82.1 Å². The summed E-state index contributed by atoms with van der Waals surface area (Å²) in [4.78, 5) is 71.6. The van der Waals surface area contributed by atoms with E-state index in [9.17, 15) is 28.4 Å². The number of nitrogens with zero attached hydrogens (tertiary/aromatic N) is 2. The van der Waals surface area contributed by atoms with Crippen LogP contribution < -0.4 is 16.0 Å². The van der Waals surface area contributed by atoms with E-state index < -0.39 is 59.1 Å². The largest absolute Gasteiger partial charge is 0.444 e. The lowest BCUT2D eigenvalue weighted by atomic mass is 10.0. The normalized spacial score (nSPS) is 25.6. The van der Waals surface area contributed by atoms with Gasteiger partial charge in [0.15, 0.2) is 0 Å². The van der Waals surface area contributed by atoms with Crippen molar-refractivity contribution < 1.29 is 37.8 Å². The number of amides is 5. The Morgan fingerprint density at radius 1 is 1.07 bits per heavy atom. The summed E-state index contributed by atoms with van der Waals surface area (Å²) in [5.41, 5.74) is 0.0166. The number of carbonyl (C=O) groups is 5. The van der Waals surface area contributed by atoms with E-state index in [4.69, 9.17) is 21.1 Å². The Balaban J connectivity index is 1.22. The molecule has 4 aliphatic rings. The molecular weight excluding hydrogens is 717 g/mol. The highest BCUT2D eigenvalue weighted by atomic mass is 35.5. The smallest absolute Gasteiger partial charge is 0.410 e. The van der Waals surface area contributed by atoms with Gasteiger partial charge >= 0.3 is 12.2 Å². The molecule has 2 aromatic rings. The van der Waals surface area contributed by atoms with Crippen molar-refractivity contribution in [1.29, 1.82) is 0 Å². The minimum Gasteiger partial charge on any atom is -0.444 e. The first-order chi connectivity index (χ1) is 25.7. The van der Waals surface area contributed by atoms with E-state index >= 15 is 0 Å². The highest BCUT2D eigenvalue weighted by Crippen LogP contribution is 2.45. The molecule has 3 N–H and O–H groups in total. The van der Waals surface area contributed by atoms with Crippen LogP contribution in [-0.4, -0.2) is 82.1 Å². The summed E-state index contributed by atoms with van der Waals surface area (Å²) in [7, 11) is 0. The third-order valence-electron chi connectivity index (χ3n) is 10.4. The second-order valence-corrected chi connectivity index (χ2v) is 16.1. The molecule has 3 aliphatic heterocycles. The lowest BCUT2D eigenvalue weighted by Crippen LogP contribution is -2.58. The Hall–Kier alpha value is -4.65. The number of alkyl carbamates (subject to hydrolysis) is 1. The Morgan fingerprint density at radius 2 is 1.87 bits per heavy atom. The minimum absolute atomic E-state index is 0.0336. The van der Waals surface area contributed by atoms with Gasteiger partial charge in [-0.3, -0.25) is 19.3 Å². The molecule has 1 aliphatic carbocycles. The van der Waals surface area contributed by atoms with Crippen molar-refractivity contribution in [3.8, 4) is 0 Å². The summed E-state index contributed by atoms with van der Waals surface area (Å²) in [5.74, 6) is -2.08. The number of hydrogen-bond acceptors (Lipinski definition) is 7. The third kappa shape index (κ3) is 9.34. The summed E-state index contributed by atoms with van der Waals surface area (Å²) < 4.78 is 25.8. The number of fused-ring (bicyclic) bond motifs is 3. The molecule has 14 heteroatoms. The Bertz CT molecular complexity index is 1800. The molecule has 1 saturated carbocycles. The average Bonchev–Trinajstić information content (AvgIpc) is 3.40. The zero-order valence-corrected chi connectivity index (χ0v) is 31.8. The van der Waals surface area contributed by atoms with Crippen LogP contribution in [0.5, 0.6) is 0 Å². The Morgan fingerprint density at radius 3 is 2.63 bits per heavy atom. The van der Waals surface area contributed by atoms with Crippen LogP contribution in [0.3, 0.4) is 0 Å². The maximum absolute atomic E-state index is 14.5. The lowest BCUT2D eigenvalue weighted by molar-refractivity contribution is -0.141. The van der Waals surface area contributed by atoms with Crippen LogP contribution in [0, 0.1) is 11.7 Å². The maximum Gasteiger partial charge on any atom is 0.410 e. The molecular formula is C40H49ClFN5O7. The molecule has 0 aromatic heterocycles. The number of carbonyl (C=O) groups excluding carboxylic acids is 5. The van der Waals surface area contributed by atoms with Gasteiger partial charge in [0.05, 0.1) is 13.1 Å². The number of ether oxygens (including phenoxy) is 2. The van der Waals surface area contributed by atoms with Crippen molar-refractivity contribution in [2.24, 2.45) is 5.92 Å². The Labute approximate surface area is 320 Å². The van der Waals surface area contributed by atoms with Crippen molar-refractivity contribution in [2.75, 3.05) is 13.1 Å². The summed E-state index contributed by atoms with van der Waals surface area (Å²) in [6, 6.07) is 9.93. The number of nitrogens with one attached hydrogen (secondary N) is 3. The van der Waals surface area contributed by atoms with Gasteiger partial charge in [0, 0.05) is 36.0 Å². The molecule has 5 atom stereocenters. The fourth-order valence-electron chi connectivity index (χ4n) is 7.51. The highest BCUT2D eigenvalue weighted by Gasteiger charge is 2.61. The van der Waals surface area contributed by atoms with Gasteiger partial charge in [-0.25, -0.2) is 14.0 Å². The third-order valence-corrected chi connectivity index (χ3v) is 10.6. The second-order valence-electron chi connectivity index (χ2n) is 15.7. The van der Waals surface area contributed by atoms with Crippen LogP contribution in [0.4, 0.5) is 14.0 Å². The minimum atomic E-state index is -1.23. The van der Waals surface area contributed by atoms with Gasteiger partial charge in [0.1, 0.15) is 35.1 Å². The van der Waals surface area contributed by atoms with Crippen LogP contribution in [0.2, 0.25) is 5.02 Å².